The van der Waals surface area contributed by atoms with E-state index in [0.717, 1.165) is 51.4 Å². The summed E-state index contributed by atoms with van der Waals surface area (Å²) >= 11 is 0. The summed E-state index contributed by atoms with van der Waals surface area (Å²) in [5, 5.41) is 30.1. The van der Waals surface area contributed by atoms with Gasteiger partial charge in [0.15, 0.2) is 0 Å². The van der Waals surface area contributed by atoms with Gasteiger partial charge in [-0.25, -0.2) is 0 Å². The lowest BCUT2D eigenvalue weighted by Gasteiger charge is -2.27. The predicted octanol–water partition coefficient (Wildman–Crippen LogP) is 3.94. The van der Waals surface area contributed by atoms with E-state index in [1.54, 1.807) is 0 Å². The summed E-state index contributed by atoms with van der Waals surface area (Å²) < 4.78 is 0. The molecule has 0 aromatic rings. The molecular formula is C23H38O4. The summed E-state index contributed by atoms with van der Waals surface area (Å²) in [7, 11) is 0. The van der Waals surface area contributed by atoms with Gasteiger partial charge in [-0.3, -0.25) is 4.79 Å². The van der Waals surface area contributed by atoms with Crippen molar-refractivity contribution in [3.05, 3.63) is 24.3 Å². The zero-order valence-corrected chi connectivity index (χ0v) is 16.9. The molecular weight excluding hydrogens is 340 g/mol. The van der Waals surface area contributed by atoms with E-state index < -0.39 is 11.7 Å². The van der Waals surface area contributed by atoms with Crippen LogP contribution in [0.5, 0.6) is 0 Å². The lowest BCUT2D eigenvalue weighted by molar-refractivity contribution is -0.121. The van der Waals surface area contributed by atoms with Gasteiger partial charge in [-0.1, -0.05) is 44.1 Å². The van der Waals surface area contributed by atoms with Crippen molar-refractivity contribution in [1.29, 1.82) is 0 Å². The van der Waals surface area contributed by atoms with E-state index in [9.17, 15) is 15.0 Å². The van der Waals surface area contributed by atoms with Crippen molar-refractivity contribution in [3.63, 3.8) is 0 Å². The molecule has 2 fully saturated rings. The maximum Gasteiger partial charge on any atom is 0.139 e. The number of aliphatic hydroxyl groups is 3. The van der Waals surface area contributed by atoms with E-state index >= 15 is 0 Å². The lowest BCUT2D eigenvalue weighted by atomic mass is 9.86. The maximum atomic E-state index is 12.3. The number of allylic oxidation sites excluding steroid dienone is 2. The minimum atomic E-state index is -0.609. The van der Waals surface area contributed by atoms with Gasteiger partial charge in [0.05, 0.1) is 11.7 Å². The van der Waals surface area contributed by atoms with Crippen LogP contribution in [0.25, 0.3) is 0 Å². The Kier molecular flexibility index (Phi) is 9.20. The van der Waals surface area contributed by atoms with E-state index in [2.05, 4.69) is 13.0 Å². The number of hydrogen-bond donors (Lipinski definition) is 3. The Balaban J connectivity index is 1.89. The topological polar surface area (TPSA) is 77.8 Å². The van der Waals surface area contributed by atoms with Crippen LogP contribution in [0.1, 0.15) is 77.6 Å². The van der Waals surface area contributed by atoms with Crippen molar-refractivity contribution < 1.29 is 20.1 Å². The lowest BCUT2D eigenvalue weighted by Crippen LogP contribution is -2.30. The van der Waals surface area contributed by atoms with Crippen LogP contribution in [-0.2, 0) is 4.79 Å². The molecule has 0 aromatic carbocycles. The zero-order chi connectivity index (χ0) is 19.7. The summed E-state index contributed by atoms with van der Waals surface area (Å²) in [5.41, 5.74) is -0.609. The molecule has 1 unspecified atom stereocenters. The second-order valence-corrected chi connectivity index (χ2v) is 8.46. The molecule has 4 heteroatoms. The fourth-order valence-corrected chi connectivity index (χ4v) is 4.27. The molecule has 0 aromatic heterocycles. The largest absolute Gasteiger partial charge is 0.396 e. The fourth-order valence-electron chi connectivity index (χ4n) is 4.27. The Bertz CT molecular complexity index is 509. The van der Waals surface area contributed by atoms with E-state index in [0.29, 0.717) is 18.8 Å². The van der Waals surface area contributed by atoms with Crippen LogP contribution in [0, 0.1) is 17.8 Å². The van der Waals surface area contributed by atoms with Gasteiger partial charge >= 0.3 is 0 Å². The first-order chi connectivity index (χ1) is 13.0. The van der Waals surface area contributed by atoms with Crippen LogP contribution in [0.3, 0.4) is 0 Å². The molecule has 154 valence electrons. The minimum absolute atomic E-state index is 0.139. The number of hydrogen-bond acceptors (Lipinski definition) is 4. The van der Waals surface area contributed by atoms with Crippen molar-refractivity contribution in [1.82, 2.24) is 0 Å². The van der Waals surface area contributed by atoms with Crippen molar-refractivity contribution in [2.75, 3.05) is 6.61 Å². The molecule has 2 aliphatic rings. The average molecular weight is 379 g/mol. The second-order valence-electron chi connectivity index (χ2n) is 8.46. The molecule has 0 heterocycles. The SMILES string of the molecule is CCCCC(O)(C/C=C/[C@H]1[C@H](O)CC(=O)[C@@H]1C/C=C\CCCCO)C1CC1. The number of carbonyl (C=O) groups is 1. The van der Waals surface area contributed by atoms with Gasteiger partial charge < -0.3 is 15.3 Å². The van der Waals surface area contributed by atoms with Crippen molar-refractivity contribution >= 4 is 5.78 Å². The number of ketones is 1. The van der Waals surface area contributed by atoms with Crippen LogP contribution >= 0.6 is 0 Å². The molecule has 0 bridgehead atoms. The summed E-state index contributed by atoms with van der Waals surface area (Å²) in [6.45, 7) is 2.37. The number of rotatable bonds is 13. The maximum absolute atomic E-state index is 12.3. The smallest absolute Gasteiger partial charge is 0.139 e. The first-order valence-corrected chi connectivity index (χ1v) is 10.9. The van der Waals surface area contributed by atoms with Gasteiger partial charge in [0.25, 0.3) is 0 Å². The number of carbonyl (C=O) groups excluding carboxylic acids is 1. The van der Waals surface area contributed by atoms with Gasteiger partial charge in [-0.15, -0.1) is 0 Å². The summed E-state index contributed by atoms with van der Waals surface area (Å²) in [4.78, 5) is 12.3. The highest BCUT2D eigenvalue weighted by Crippen LogP contribution is 2.44. The number of aliphatic hydroxyl groups excluding tert-OH is 2. The Hall–Kier alpha value is -0.970. The molecule has 0 saturated heterocycles. The molecule has 3 N–H and O–H groups in total. The van der Waals surface area contributed by atoms with Crippen molar-refractivity contribution in [2.45, 2.75) is 89.3 Å². The Morgan fingerprint density at radius 2 is 1.93 bits per heavy atom. The van der Waals surface area contributed by atoms with E-state index in [1.165, 1.54) is 0 Å². The molecule has 0 amide bonds. The quantitative estimate of drug-likeness (QED) is 0.335. The third-order valence-corrected chi connectivity index (χ3v) is 6.20. The highest BCUT2D eigenvalue weighted by Gasteiger charge is 2.43. The molecule has 4 nitrogen and oxygen atoms in total. The molecule has 2 rings (SSSR count). The van der Waals surface area contributed by atoms with Crippen LogP contribution in [0.2, 0.25) is 0 Å². The van der Waals surface area contributed by atoms with Crippen molar-refractivity contribution in [3.8, 4) is 0 Å². The third-order valence-electron chi connectivity index (χ3n) is 6.20. The minimum Gasteiger partial charge on any atom is -0.396 e. The van der Waals surface area contributed by atoms with E-state index in [1.807, 2.05) is 18.2 Å². The molecule has 0 radical (unpaired) electrons. The Morgan fingerprint density at radius 3 is 2.59 bits per heavy atom. The third kappa shape index (κ3) is 6.85. The molecule has 0 spiro atoms. The standard InChI is InChI=1S/C23H38O4/c1-2-3-14-23(27,18-12-13-18)15-9-11-20-19(21(25)17-22(20)26)10-7-5-4-6-8-16-24/h5,7,9,11,18-20,22,24,26-27H,2-4,6,8,10,12-17H2,1H3/b7-5-,11-9+/t19-,20-,22-,23?/m1/s1. The highest BCUT2D eigenvalue weighted by atomic mass is 16.3. The Labute approximate surface area is 164 Å². The first-order valence-electron chi connectivity index (χ1n) is 10.9. The van der Waals surface area contributed by atoms with Gasteiger partial charge in [0.2, 0.25) is 0 Å². The summed E-state index contributed by atoms with van der Waals surface area (Å²) in [5.74, 6) is 0.256. The number of Topliss-reactive ketones (excluding diaryl/α,β-unsaturated/α-hetero) is 1. The van der Waals surface area contributed by atoms with Crippen LogP contribution in [-0.4, -0.2) is 39.4 Å². The highest BCUT2D eigenvalue weighted by molar-refractivity contribution is 5.84. The van der Waals surface area contributed by atoms with Crippen LogP contribution in [0.15, 0.2) is 24.3 Å². The van der Waals surface area contributed by atoms with Crippen LogP contribution < -0.4 is 0 Å². The predicted molar refractivity (Wildman–Crippen MR) is 108 cm³/mol. The summed E-state index contributed by atoms with van der Waals surface area (Å²) in [6.07, 6.45) is 16.9. The molecule has 4 atom stereocenters. The van der Waals surface area contributed by atoms with Gasteiger partial charge in [0.1, 0.15) is 5.78 Å². The second kappa shape index (κ2) is 11.1. The fraction of sp³-hybridized carbons (Fsp3) is 0.783. The van der Waals surface area contributed by atoms with Crippen molar-refractivity contribution in [2.24, 2.45) is 17.8 Å². The molecule has 2 saturated carbocycles. The normalized spacial score (nSPS) is 28.4. The zero-order valence-electron chi connectivity index (χ0n) is 16.9. The van der Waals surface area contributed by atoms with Gasteiger partial charge in [-0.05, 0) is 57.3 Å². The van der Waals surface area contributed by atoms with E-state index in [-0.39, 0.29) is 30.6 Å². The summed E-state index contributed by atoms with van der Waals surface area (Å²) in [6, 6.07) is 0. The monoisotopic (exact) mass is 378 g/mol. The first kappa shape index (κ1) is 22.3. The van der Waals surface area contributed by atoms with Crippen LogP contribution in [0.4, 0.5) is 0 Å². The number of unbranched alkanes of at least 4 members (excludes halogenated alkanes) is 3. The Morgan fingerprint density at radius 1 is 1.15 bits per heavy atom. The van der Waals surface area contributed by atoms with Gasteiger partial charge in [0, 0.05) is 24.9 Å². The average Bonchev–Trinajstić information content (AvgIpc) is 3.46. The molecule has 27 heavy (non-hydrogen) atoms. The van der Waals surface area contributed by atoms with Gasteiger partial charge in [-0.2, -0.15) is 0 Å². The van der Waals surface area contributed by atoms with E-state index in [4.69, 9.17) is 5.11 Å². The molecule has 0 aliphatic heterocycles. The molecule has 2 aliphatic carbocycles.